The average Bonchev–Trinajstić information content (AvgIpc) is 2.27. The smallest absolute Gasteiger partial charge is 0.123 e. The maximum Gasteiger partial charge on any atom is 0.123 e. The molecule has 4 heteroatoms. The fourth-order valence-electron chi connectivity index (χ4n) is 1.48. The summed E-state index contributed by atoms with van der Waals surface area (Å²) in [5.74, 6) is 0.903. The molecule has 3 nitrogen and oxygen atoms in total. The third-order valence-corrected chi connectivity index (χ3v) is 2.79. The van der Waals surface area contributed by atoms with E-state index in [1.807, 2.05) is 12.1 Å². The summed E-state index contributed by atoms with van der Waals surface area (Å²) in [6.45, 7) is 3.57. The van der Waals surface area contributed by atoms with E-state index >= 15 is 0 Å². The molecular formula is C12H18BrNO2. The van der Waals surface area contributed by atoms with E-state index < -0.39 is 0 Å². The first-order chi connectivity index (χ1) is 7.67. The van der Waals surface area contributed by atoms with Crippen LogP contribution in [0.15, 0.2) is 22.7 Å². The number of rotatable bonds is 6. The number of benzene rings is 1. The molecule has 0 spiro atoms. The van der Waals surface area contributed by atoms with Gasteiger partial charge in [0, 0.05) is 29.7 Å². The Balaban J connectivity index is 2.61. The summed E-state index contributed by atoms with van der Waals surface area (Å²) in [4.78, 5) is 0. The van der Waals surface area contributed by atoms with Gasteiger partial charge in [-0.25, -0.2) is 0 Å². The van der Waals surface area contributed by atoms with Gasteiger partial charge in [0.1, 0.15) is 5.75 Å². The van der Waals surface area contributed by atoms with E-state index in [9.17, 15) is 0 Å². The molecule has 0 fully saturated rings. The van der Waals surface area contributed by atoms with Crippen molar-refractivity contribution >= 4 is 15.9 Å². The molecule has 0 unspecified atom stereocenters. The zero-order valence-electron chi connectivity index (χ0n) is 9.92. The van der Waals surface area contributed by atoms with Crippen molar-refractivity contribution in [2.45, 2.75) is 19.5 Å². The van der Waals surface area contributed by atoms with Crippen molar-refractivity contribution in [1.82, 2.24) is 5.32 Å². The first-order valence-corrected chi connectivity index (χ1v) is 6.01. The van der Waals surface area contributed by atoms with Crippen LogP contribution in [0.1, 0.15) is 12.5 Å². The van der Waals surface area contributed by atoms with Crippen molar-refractivity contribution < 1.29 is 9.47 Å². The SMILES string of the molecule is COC[C@@H](C)NCc1cc(Br)ccc1OC. The summed E-state index contributed by atoms with van der Waals surface area (Å²) in [5.41, 5.74) is 1.14. The van der Waals surface area contributed by atoms with Crippen LogP contribution in [0, 0.1) is 0 Å². The first-order valence-electron chi connectivity index (χ1n) is 5.22. The Hall–Kier alpha value is -0.580. The lowest BCUT2D eigenvalue weighted by Gasteiger charge is -2.14. The van der Waals surface area contributed by atoms with Gasteiger partial charge in [-0.05, 0) is 25.1 Å². The zero-order chi connectivity index (χ0) is 12.0. The summed E-state index contributed by atoms with van der Waals surface area (Å²) in [5, 5.41) is 3.38. The number of nitrogens with one attached hydrogen (secondary N) is 1. The van der Waals surface area contributed by atoms with Gasteiger partial charge in [-0.15, -0.1) is 0 Å². The number of halogens is 1. The Morgan fingerprint density at radius 3 is 2.75 bits per heavy atom. The molecule has 0 aliphatic heterocycles. The van der Waals surface area contributed by atoms with E-state index in [4.69, 9.17) is 9.47 Å². The summed E-state index contributed by atoms with van der Waals surface area (Å²) < 4.78 is 11.4. The molecule has 1 aromatic carbocycles. The second-order valence-corrected chi connectivity index (χ2v) is 4.61. The average molecular weight is 288 g/mol. The van der Waals surface area contributed by atoms with Crippen LogP contribution in [0.2, 0.25) is 0 Å². The topological polar surface area (TPSA) is 30.5 Å². The summed E-state index contributed by atoms with van der Waals surface area (Å²) >= 11 is 3.46. The Labute approximate surface area is 105 Å². The van der Waals surface area contributed by atoms with Crippen molar-refractivity contribution in [2.24, 2.45) is 0 Å². The van der Waals surface area contributed by atoms with Crippen LogP contribution in [-0.2, 0) is 11.3 Å². The molecule has 0 radical (unpaired) electrons. The summed E-state index contributed by atoms with van der Waals surface area (Å²) in [7, 11) is 3.39. The number of ether oxygens (including phenoxy) is 2. The van der Waals surface area contributed by atoms with Crippen molar-refractivity contribution in [2.75, 3.05) is 20.8 Å². The predicted molar refractivity (Wildman–Crippen MR) is 68.9 cm³/mol. The van der Waals surface area contributed by atoms with E-state index in [-0.39, 0.29) is 0 Å². The van der Waals surface area contributed by atoms with Crippen LogP contribution in [0.4, 0.5) is 0 Å². The van der Waals surface area contributed by atoms with Gasteiger partial charge in [0.15, 0.2) is 0 Å². The second-order valence-electron chi connectivity index (χ2n) is 3.69. The fraction of sp³-hybridized carbons (Fsp3) is 0.500. The molecule has 1 aromatic rings. The first kappa shape index (κ1) is 13.5. The molecule has 0 amide bonds. The molecule has 1 N–H and O–H groups in total. The number of hydrogen-bond donors (Lipinski definition) is 1. The minimum atomic E-state index is 0.327. The quantitative estimate of drug-likeness (QED) is 0.872. The summed E-state index contributed by atoms with van der Waals surface area (Å²) in [6.07, 6.45) is 0. The van der Waals surface area contributed by atoms with Crippen LogP contribution in [0.3, 0.4) is 0 Å². The Bertz CT molecular complexity index is 331. The lowest BCUT2D eigenvalue weighted by Crippen LogP contribution is -2.29. The van der Waals surface area contributed by atoms with E-state index in [0.29, 0.717) is 12.6 Å². The van der Waals surface area contributed by atoms with Gasteiger partial charge in [0.05, 0.1) is 13.7 Å². The molecule has 0 saturated carbocycles. The van der Waals surface area contributed by atoms with E-state index in [1.165, 1.54) is 0 Å². The highest BCUT2D eigenvalue weighted by Crippen LogP contribution is 2.22. The van der Waals surface area contributed by atoms with Crippen LogP contribution < -0.4 is 10.1 Å². The van der Waals surface area contributed by atoms with Crippen molar-refractivity contribution in [3.05, 3.63) is 28.2 Å². The predicted octanol–water partition coefficient (Wildman–Crippen LogP) is 2.58. The minimum absolute atomic E-state index is 0.327. The van der Waals surface area contributed by atoms with Crippen molar-refractivity contribution in [3.8, 4) is 5.75 Å². The largest absolute Gasteiger partial charge is 0.496 e. The molecule has 0 bridgehead atoms. The van der Waals surface area contributed by atoms with Gasteiger partial charge in [-0.2, -0.15) is 0 Å². The normalized spacial score (nSPS) is 12.5. The van der Waals surface area contributed by atoms with Gasteiger partial charge in [0.25, 0.3) is 0 Å². The molecule has 1 atom stereocenters. The standard InChI is InChI=1S/C12H18BrNO2/c1-9(8-15-2)14-7-10-6-11(13)4-5-12(10)16-3/h4-6,9,14H,7-8H2,1-3H3/t9-/m1/s1. The van der Waals surface area contributed by atoms with Crippen LogP contribution in [-0.4, -0.2) is 26.9 Å². The lowest BCUT2D eigenvalue weighted by atomic mass is 10.2. The van der Waals surface area contributed by atoms with Gasteiger partial charge >= 0.3 is 0 Å². The molecule has 0 aliphatic rings. The van der Waals surface area contributed by atoms with E-state index in [1.54, 1.807) is 14.2 Å². The fourth-order valence-corrected chi connectivity index (χ4v) is 1.89. The summed E-state index contributed by atoms with van der Waals surface area (Å²) in [6, 6.07) is 6.32. The Morgan fingerprint density at radius 2 is 2.12 bits per heavy atom. The van der Waals surface area contributed by atoms with Gasteiger partial charge in [-0.1, -0.05) is 15.9 Å². The monoisotopic (exact) mass is 287 g/mol. The number of methoxy groups -OCH3 is 2. The van der Waals surface area contributed by atoms with E-state index in [2.05, 4.69) is 34.2 Å². The minimum Gasteiger partial charge on any atom is -0.496 e. The number of hydrogen-bond acceptors (Lipinski definition) is 3. The van der Waals surface area contributed by atoms with Crippen molar-refractivity contribution in [3.63, 3.8) is 0 Å². The van der Waals surface area contributed by atoms with Crippen LogP contribution in [0.5, 0.6) is 5.75 Å². The molecule has 0 aromatic heterocycles. The van der Waals surface area contributed by atoms with Crippen LogP contribution in [0.25, 0.3) is 0 Å². The Kier molecular flexibility index (Phi) is 5.80. The molecule has 16 heavy (non-hydrogen) atoms. The molecular weight excluding hydrogens is 270 g/mol. The molecule has 0 heterocycles. The molecule has 1 rings (SSSR count). The van der Waals surface area contributed by atoms with Crippen LogP contribution >= 0.6 is 15.9 Å². The molecule has 0 aliphatic carbocycles. The Morgan fingerprint density at radius 1 is 1.38 bits per heavy atom. The molecule has 0 saturated heterocycles. The highest BCUT2D eigenvalue weighted by Gasteiger charge is 2.05. The lowest BCUT2D eigenvalue weighted by molar-refractivity contribution is 0.171. The van der Waals surface area contributed by atoms with Gasteiger partial charge in [-0.3, -0.25) is 0 Å². The van der Waals surface area contributed by atoms with E-state index in [0.717, 1.165) is 22.3 Å². The third-order valence-electron chi connectivity index (χ3n) is 2.30. The van der Waals surface area contributed by atoms with Gasteiger partial charge < -0.3 is 14.8 Å². The maximum atomic E-state index is 5.30. The third kappa shape index (κ3) is 4.12. The maximum absolute atomic E-state index is 5.30. The van der Waals surface area contributed by atoms with Crippen molar-refractivity contribution in [1.29, 1.82) is 0 Å². The zero-order valence-corrected chi connectivity index (χ0v) is 11.5. The second kappa shape index (κ2) is 6.89. The van der Waals surface area contributed by atoms with Gasteiger partial charge in [0.2, 0.25) is 0 Å². The highest BCUT2D eigenvalue weighted by molar-refractivity contribution is 9.10. The molecule has 90 valence electrons. The highest BCUT2D eigenvalue weighted by atomic mass is 79.9.